The Hall–Kier alpha value is -0.870. The first-order valence-corrected chi connectivity index (χ1v) is 7.32. The van der Waals surface area contributed by atoms with Gasteiger partial charge in [0.05, 0.1) is 6.20 Å². The monoisotopic (exact) mass is 250 g/mol. The van der Waals surface area contributed by atoms with Crippen molar-refractivity contribution in [3.8, 4) is 0 Å². The minimum atomic E-state index is 0.258. The first-order chi connectivity index (χ1) is 8.83. The van der Waals surface area contributed by atoms with E-state index in [1.165, 1.54) is 44.1 Å². The molecular weight excluding hydrogens is 224 g/mol. The molecule has 1 heterocycles. The van der Waals surface area contributed by atoms with E-state index >= 15 is 0 Å². The number of aromatic nitrogens is 2. The van der Waals surface area contributed by atoms with Crippen LogP contribution in [0.2, 0.25) is 0 Å². The number of nitrogens with two attached hydrogens (primary N) is 1. The molecule has 0 amide bonds. The van der Waals surface area contributed by atoms with Gasteiger partial charge in [-0.15, -0.1) is 0 Å². The van der Waals surface area contributed by atoms with E-state index in [1.54, 1.807) is 0 Å². The molecule has 1 saturated carbocycles. The van der Waals surface area contributed by atoms with Crippen LogP contribution in [0, 0.1) is 0 Å². The highest BCUT2D eigenvalue weighted by atomic mass is 15.3. The third-order valence-electron chi connectivity index (χ3n) is 3.91. The summed E-state index contributed by atoms with van der Waals surface area (Å²) in [6, 6.07) is 0.888. The Morgan fingerprint density at radius 1 is 1.39 bits per heavy atom. The maximum atomic E-state index is 5.91. The minimum Gasteiger partial charge on any atom is -0.329 e. The zero-order valence-corrected chi connectivity index (χ0v) is 11.4. The van der Waals surface area contributed by atoms with Crippen LogP contribution in [0.4, 0.5) is 0 Å². The maximum absolute atomic E-state index is 5.91. The Morgan fingerprint density at radius 3 is 2.67 bits per heavy atom. The van der Waals surface area contributed by atoms with Crippen LogP contribution in [-0.2, 0) is 6.54 Å². The smallest absolute Gasteiger partial charge is 0.0538 e. The second-order valence-electron chi connectivity index (χ2n) is 5.27. The van der Waals surface area contributed by atoms with Crippen LogP contribution in [0.5, 0.6) is 0 Å². The average Bonchev–Trinajstić information content (AvgIpc) is 2.73. The summed E-state index contributed by atoms with van der Waals surface area (Å²) in [6.45, 7) is 3.67. The zero-order chi connectivity index (χ0) is 12.8. The molecule has 1 atom stereocenters. The van der Waals surface area contributed by atoms with Crippen molar-refractivity contribution >= 4 is 0 Å². The van der Waals surface area contributed by atoms with Crippen LogP contribution in [0.3, 0.4) is 0 Å². The van der Waals surface area contributed by atoms with Crippen molar-refractivity contribution < 1.29 is 0 Å². The summed E-state index contributed by atoms with van der Waals surface area (Å²) in [5.74, 6) is 0. The van der Waals surface area contributed by atoms with Crippen LogP contribution >= 0.6 is 0 Å². The standard InChI is InChI=1S/C14H26N4/c1-2-18-11-12(10-16-18)14(9-15)17-13-7-5-3-4-6-8-13/h10-11,13-14,17H,2-9,15H2,1H3. The van der Waals surface area contributed by atoms with Gasteiger partial charge in [-0.3, -0.25) is 4.68 Å². The van der Waals surface area contributed by atoms with Gasteiger partial charge >= 0.3 is 0 Å². The third-order valence-corrected chi connectivity index (χ3v) is 3.91. The van der Waals surface area contributed by atoms with Gasteiger partial charge in [-0.1, -0.05) is 25.7 Å². The first-order valence-electron chi connectivity index (χ1n) is 7.32. The van der Waals surface area contributed by atoms with Gasteiger partial charge in [-0.2, -0.15) is 5.10 Å². The molecule has 1 aromatic rings. The Labute approximate surface area is 110 Å². The summed E-state index contributed by atoms with van der Waals surface area (Å²) in [7, 11) is 0. The van der Waals surface area contributed by atoms with Crippen LogP contribution in [-0.4, -0.2) is 22.4 Å². The number of hydrogen-bond acceptors (Lipinski definition) is 3. The van der Waals surface area contributed by atoms with Crippen molar-refractivity contribution in [2.24, 2.45) is 5.73 Å². The molecule has 0 radical (unpaired) electrons. The first kappa shape index (κ1) is 13.6. The number of aryl methyl sites for hydroxylation is 1. The van der Waals surface area contributed by atoms with Gasteiger partial charge in [0.25, 0.3) is 0 Å². The molecule has 1 aliphatic rings. The Balaban J connectivity index is 1.95. The van der Waals surface area contributed by atoms with Crippen molar-refractivity contribution in [3.05, 3.63) is 18.0 Å². The van der Waals surface area contributed by atoms with E-state index < -0.39 is 0 Å². The number of rotatable bonds is 5. The van der Waals surface area contributed by atoms with E-state index in [-0.39, 0.29) is 6.04 Å². The molecular formula is C14H26N4. The Bertz CT molecular complexity index is 339. The molecule has 2 rings (SSSR count). The number of hydrogen-bond donors (Lipinski definition) is 2. The van der Waals surface area contributed by atoms with E-state index in [9.17, 15) is 0 Å². The topological polar surface area (TPSA) is 55.9 Å². The normalized spacial score (nSPS) is 19.7. The number of nitrogens with one attached hydrogen (secondary N) is 1. The molecule has 0 saturated heterocycles. The highest BCUT2D eigenvalue weighted by molar-refractivity contribution is 5.11. The molecule has 1 aromatic heterocycles. The molecule has 18 heavy (non-hydrogen) atoms. The predicted molar refractivity (Wildman–Crippen MR) is 74.3 cm³/mol. The van der Waals surface area contributed by atoms with Gasteiger partial charge in [0.1, 0.15) is 0 Å². The lowest BCUT2D eigenvalue weighted by molar-refractivity contribution is 0.402. The second kappa shape index (κ2) is 6.90. The lowest BCUT2D eigenvalue weighted by Crippen LogP contribution is -2.36. The van der Waals surface area contributed by atoms with Gasteiger partial charge in [-0.05, 0) is 19.8 Å². The summed E-state index contributed by atoms with van der Waals surface area (Å²) >= 11 is 0. The van der Waals surface area contributed by atoms with Crippen LogP contribution in [0.25, 0.3) is 0 Å². The minimum absolute atomic E-state index is 0.258. The van der Waals surface area contributed by atoms with Gasteiger partial charge in [0.15, 0.2) is 0 Å². The fourth-order valence-corrected chi connectivity index (χ4v) is 2.76. The van der Waals surface area contributed by atoms with E-state index in [4.69, 9.17) is 5.73 Å². The van der Waals surface area contributed by atoms with Crippen molar-refractivity contribution in [1.82, 2.24) is 15.1 Å². The fourth-order valence-electron chi connectivity index (χ4n) is 2.76. The largest absolute Gasteiger partial charge is 0.329 e. The molecule has 0 aliphatic heterocycles. The molecule has 0 spiro atoms. The Kier molecular flexibility index (Phi) is 5.20. The molecule has 1 fully saturated rings. The molecule has 3 N–H and O–H groups in total. The summed E-state index contributed by atoms with van der Waals surface area (Å²) < 4.78 is 1.97. The van der Waals surface area contributed by atoms with Gasteiger partial charge in [0, 0.05) is 36.9 Å². The quantitative estimate of drug-likeness (QED) is 0.788. The molecule has 1 unspecified atom stereocenters. The summed E-state index contributed by atoms with van der Waals surface area (Å²) in [4.78, 5) is 0. The van der Waals surface area contributed by atoms with Crippen molar-refractivity contribution in [2.45, 2.75) is 64.1 Å². The predicted octanol–water partition coefficient (Wildman–Crippen LogP) is 2.22. The van der Waals surface area contributed by atoms with E-state index in [0.717, 1.165) is 6.54 Å². The fraction of sp³-hybridized carbons (Fsp3) is 0.786. The molecule has 102 valence electrons. The van der Waals surface area contributed by atoms with E-state index in [2.05, 4.69) is 23.5 Å². The average molecular weight is 250 g/mol. The van der Waals surface area contributed by atoms with Gasteiger partial charge in [0.2, 0.25) is 0 Å². The van der Waals surface area contributed by atoms with Crippen LogP contribution in [0.15, 0.2) is 12.4 Å². The molecule has 4 heteroatoms. The van der Waals surface area contributed by atoms with Gasteiger partial charge in [-0.25, -0.2) is 0 Å². The number of nitrogens with zero attached hydrogens (tertiary/aromatic N) is 2. The molecule has 0 aromatic carbocycles. The summed E-state index contributed by atoms with van der Waals surface area (Å²) in [6.07, 6.45) is 12.1. The Morgan fingerprint density at radius 2 is 2.11 bits per heavy atom. The second-order valence-corrected chi connectivity index (χ2v) is 5.27. The highest BCUT2D eigenvalue weighted by Crippen LogP contribution is 2.20. The summed E-state index contributed by atoms with van der Waals surface area (Å²) in [5.41, 5.74) is 7.14. The summed E-state index contributed by atoms with van der Waals surface area (Å²) in [5, 5.41) is 8.06. The van der Waals surface area contributed by atoms with Crippen LogP contribution in [0.1, 0.15) is 57.1 Å². The molecule has 4 nitrogen and oxygen atoms in total. The third kappa shape index (κ3) is 3.56. The lowest BCUT2D eigenvalue weighted by Gasteiger charge is -2.23. The van der Waals surface area contributed by atoms with Crippen LogP contribution < -0.4 is 11.1 Å². The molecule has 0 bridgehead atoms. The van der Waals surface area contributed by atoms with Crippen molar-refractivity contribution in [3.63, 3.8) is 0 Å². The molecule has 1 aliphatic carbocycles. The van der Waals surface area contributed by atoms with Crippen molar-refractivity contribution in [1.29, 1.82) is 0 Å². The lowest BCUT2D eigenvalue weighted by atomic mass is 10.1. The van der Waals surface area contributed by atoms with E-state index in [1.807, 2.05) is 10.9 Å². The SMILES string of the molecule is CCn1cc(C(CN)NC2CCCCCC2)cn1. The highest BCUT2D eigenvalue weighted by Gasteiger charge is 2.18. The maximum Gasteiger partial charge on any atom is 0.0538 e. The van der Waals surface area contributed by atoms with E-state index in [0.29, 0.717) is 12.6 Å². The van der Waals surface area contributed by atoms with Crippen molar-refractivity contribution in [2.75, 3.05) is 6.54 Å². The van der Waals surface area contributed by atoms with Gasteiger partial charge < -0.3 is 11.1 Å². The zero-order valence-electron chi connectivity index (χ0n) is 11.4.